The fourth-order valence-corrected chi connectivity index (χ4v) is 1.89. The van der Waals surface area contributed by atoms with Crippen LogP contribution in [0.1, 0.15) is 5.82 Å². The van der Waals surface area contributed by atoms with Gasteiger partial charge >= 0.3 is 6.18 Å². The van der Waals surface area contributed by atoms with Crippen LogP contribution in [-0.2, 0) is 11.3 Å². The van der Waals surface area contributed by atoms with Gasteiger partial charge in [-0.15, -0.1) is 11.3 Å². The van der Waals surface area contributed by atoms with Gasteiger partial charge in [-0.3, -0.25) is 0 Å². The summed E-state index contributed by atoms with van der Waals surface area (Å²) in [4.78, 5) is 4.48. The second-order valence-electron chi connectivity index (χ2n) is 3.33. The number of alkyl halides is 3. The molecule has 18 heavy (non-hydrogen) atoms. The molecule has 0 spiro atoms. The Labute approximate surface area is 103 Å². The summed E-state index contributed by atoms with van der Waals surface area (Å²) >= 11 is 1.30. The zero-order chi connectivity index (χ0) is 13.2. The summed E-state index contributed by atoms with van der Waals surface area (Å²) in [7, 11) is 0. The first-order valence-corrected chi connectivity index (χ1v) is 5.64. The number of nitrogens with two attached hydrogens (primary N) is 1. The van der Waals surface area contributed by atoms with Gasteiger partial charge in [-0.25, -0.2) is 0 Å². The lowest BCUT2D eigenvalue weighted by molar-refractivity contribution is -0.177. The first-order valence-electron chi connectivity index (χ1n) is 4.76. The van der Waals surface area contributed by atoms with E-state index >= 15 is 0 Å². The van der Waals surface area contributed by atoms with Crippen molar-refractivity contribution in [3.8, 4) is 10.8 Å². The molecule has 9 heteroatoms. The molecule has 0 aliphatic carbocycles. The average molecular weight is 279 g/mol. The van der Waals surface area contributed by atoms with Gasteiger partial charge in [-0.2, -0.15) is 18.2 Å². The number of halogens is 3. The van der Waals surface area contributed by atoms with Gasteiger partial charge < -0.3 is 15.0 Å². The summed E-state index contributed by atoms with van der Waals surface area (Å²) in [6.45, 7) is -1.72. The van der Waals surface area contributed by atoms with E-state index in [1.807, 2.05) is 0 Å². The Kier molecular flexibility index (Phi) is 3.53. The SMILES string of the molecule is Nc1ccsc1-c1nc(COCC(F)(F)F)no1. The van der Waals surface area contributed by atoms with Crippen LogP contribution in [0.4, 0.5) is 18.9 Å². The molecule has 0 aromatic carbocycles. The van der Waals surface area contributed by atoms with Crippen LogP contribution in [-0.4, -0.2) is 22.9 Å². The highest BCUT2D eigenvalue weighted by atomic mass is 32.1. The average Bonchev–Trinajstić information content (AvgIpc) is 2.84. The Morgan fingerprint density at radius 1 is 1.44 bits per heavy atom. The summed E-state index contributed by atoms with van der Waals surface area (Å²) < 4.78 is 44.8. The summed E-state index contributed by atoms with van der Waals surface area (Å²) in [6, 6.07) is 1.67. The predicted octanol–water partition coefficient (Wildman–Crippen LogP) is 2.46. The molecular weight excluding hydrogens is 271 g/mol. The molecule has 2 rings (SSSR count). The van der Waals surface area contributed by atoms with Crippen molar-refractivity contribution < 1.29 is 22.4 Å². The normalized spacial score (nSPS) is 11.9. The monoisotopic (exact) mass is 279 g/mol. The molecule has 2 aromatic heterocycles. The zero-order valence-electron chi connectivity index (χ0n) is 8.90. The molecule has 0 aliphatic heterocycles. The minimum absolute atomic E-state index is 0.0436. The molecule has 0 aliphatic rings. The van der Waals surface area contributed by atoms with Crippen molar-refractivity contribution in [2.24, 2.45) is 0 Å². The number of rotatable bonds is 4. The third-order valence-corrected chi connectivity index (χ3v) is 2.77. The fraction of sp³-hybridized carbons (Fsp3) is 0.333. The lowest BCUT2D eigenvalue weighted by Gasteiger charge is -2.04. The molecule has 0 atom stereocenters. The van der Waals surface area contributed by atoms with Crippen molar-refractivity contribution in [3.05, 3.63) is 17.3 Å². The van der Waals surface area contributed by atoms with Gasteiger partial charge in [-0.1, -0.05) is 5.16 Å². The van der Waals surface area contributed by atoms with Crippen LogP contribution in [0, 0.1) is 0 Å². The number of anilines is 1. The summed E-state index contributed by atoms with van der Waals surface area (Å²) in [5, 5.41) is 5.25. The molecule has 0 fully saturated rings. The highest BCUT2D eigenvalue weighted by molar-refractivity contribution is 7.14. The minimum Gasteiger partial charge on any atom is -0.397 e. The van der Waals surface area contributed by atoms with Crippen molar-refractivity contribution >= 4 is 17.0 Å². The molecule has 0 radical (unpaired) electrons. The lowest BCUT2D eigenvalue weighted by Crippen LogP contribution is -2.16. The third kappa shape index (κ3) is 3.20. The second-order valence-corrected chi connectivity index (χ2v) is 4.24. The van der Waals surface area contributed by atoms with E-state index in [9.17, 15) is 13.2 Å². The van der Waals surface area contributed by atoms with E-state index in [4.69, 9.17) is 10.3 Å². The number of aromatic nitrogens is 2. The lowest BCUT2D eigenvalue weighted by atomic mass is 10.4. The molecule has 2 heterocycles. The standard InChI is InChI=1S/C9H8F3N3O2S/c10-9(11,12)4-16-3-6-14-8(17-15-6)7-5(13)1-2-18-7/h1-2H,3-4,13H2. The van der Waals surface area contributed by atoms with Crippen LogP contribution >= 0.6 is 11.3 Å². The Balaban J connectivity index is 1.97. The maximum atomic E-state index is 11.8. The van der Waals surface area contributed by atoms with Gasteiger partial charge in [0.05, 0.1) is 5.69 Å². The van der Waals surface area contributed by atoms with E-state index in [1.165, 1.54) is 11.3 Å². The molecule has 2 N–H and O–H groups in total. The number of ether oxygens (including phenoxy) is 1. The minimum atomic E-state index is -4.37. The van der Waals surface area contributed by atoms with Crippen LogP contribution in [0.15, 0.2) is 16.0 Å². The predicted molar refractivity (Wildman–Crippen MR) is 57.7 cm³/mol. The van der Waals surface area contributed by atoms with Crippen LogP contribution in [0.2, 0.25) is 0 Å². The van der Waals surface area contributed by atoms with E-state index in [2.05, 4.69) is 14.9 Å². The highest BCUT2D eigenvalue weighted by Crippen LogP contribution is 2.30. The molecule has 5 nitrogen and oxygen atoms in total. The van der Waals surface area contributed by atoms with Gasteiger partial charge in [0.15, 0.2) is 5.82 Å². The van der Waals surface area contributed by atoms with Crippen LogP contribution in [0.3, 0.4) is 0 Å². The van der Waals surface area contributed by atoms with E-state index < -0.39 is 12.8 Å². The summed E-state index contributed by atoms with van der Waals surface area (Å²) in [5.74, 6) is 0.218. The molecule has 98 valence electrons. The highest BCUT2D eigenvalue weighted by Gasteiger charge is 2.27. The Hall–Kier alpha value is -1.61. The van der Waals surface area contributed by atoms with Crippen LogP contribution < -0.4 is 5.73 Å². The molecular formula is C9H8F3N3O2S. The van der Waals surface area contributed by atoms with Crippen molar-refractivity contribution in [3.63, 3.8) is 0 Å². The molecule has 0 amide bonds. The van der Waals surface area contributed by atoms with Gasteiger partial charge in [0, 0.05) is 0 Å². The van der Waals surface area contributed by atoms with Gasteiger partial charge in [-0.05, 0) is 11.4 Å². The summed E-state index contributed by atoms with van der Waals surface area (Å²) in [5.41, 5.74) is 6.12. The van der Waals surface area contributed by atoms with Gasteiger partial charge in [0.2, 0.25) is 0 Å². The number of hydrogen-bond acceptors (Lipinski definition) is 6. The van der Waals surface area contributed by atoms with Crippen molar-refractivity contribution in [1.29, 1.82) is 0 Å². The van der Waals surface area contributed by atoms with Gasteiger partial charge in [0.25, 0.3) is 5.89 Å². The topological polar surface area (TPSA) is 74.2 Å². The van der Waals surface area contributed by atoms with E-state index in [0.717, 1.165) is 0 Å². The molecule has 0 bridgehead atoms. The van der Waals surface area contributed by atoms with Crippen LogP contribution in [0.5, 0.6) is 0 Å². The van der Waals surface area contributed by atoms with E-state index in [-0.39, 0.29) is 18.3 Å². The van der Waals surface area contributed by atoms with Crippen LogP contribution in [0.25, 0.3) is 10.8 Å². The van der Waals surface area contributed by atoms with E-state index in [0.29, 0.717) is 10.6 Å². The van der Waals surface area contributed by atoms with Gasteiger partial charge in [0.1, 0.15) is 18.1 Å². The largest absolute Gasteiger partial charge is 0.411 e. The third-order valence-electron chi connectivity index (χ3n) is 1.85. The maximum Gasteiger partial charge on any atom is 0.411 e. The Morgan fingerprint density at radius 3 is 2.83 bits per heavy atom. The Morgan fingerprint density at radius 2 is 2.22 bits per heavy atom. The quantitative estimate of drug-likeness (QED) is 0.930. The number of thiophene rings is 1. The first kappa shape index (κ1) is 12.8. The number of nitrogens with zero attached hydrogens (tertiary/aromatic N) is 2. The smallest absolute Gasteiger partial charge is 0.397 e. The van der Waals surface area contributed by atoms with E-state index in [1.54, 1.807) is 11.4 Å². The number of hydrogen-bond donors (Lipinski definition) is 1. The molecule has 0 unspecified atom stereocenters. The molecule has 0 saturated carbocycles. The first-order chi connectivity index (χ1) is 8.46. The summed E-state index contributed by atoms with van der Waals surface area (Å²) in [6.07, 6.45) is -4.37. The Bertz CT molecular complexity index is 523. The zero-order valence-corrected chi connectivity index (χ0v) is 9.72. The molecule has 0 saturated heterocycles. The second kappa shape index (κ2) is 4.94. The fourth-order valence-electron chi connectivity index (χ4n) is 1.16. The maximum absolute atomic E-state index is 11.8. The van der Waals surface area contributed by atoms with Crippen molar-refractivity contribution in [2.45, 2.75) is 12.8 Å². The van der Waals surface area contributed by atoms with Crippen molar-refractivity contribution in [2.75, 3.05) is 12.3 Å². The number of nitrogen functional groups attached to an aromatic ring is 1. The van der Waals surface area contributed by atoms with Crippen molar-refractivity contribution in [1.82, 2.24) is 10.1 Å². The molecule has 2 aromatic rings.